The van der Waals surface area contributed by atoms with Crippen molar-refractivity contribution in [2.24, 2.45) is 0 Å². The van der Waals surface area contributed by atoms with Crippen molar-refractivity contribution in [3.63, 3.8) is 0 Å². The third-order valence-corrected chi connectivity index (χ3v) is 2.14. The minimum Gasteiger partial charge on any atom is -0.314 e. The number of hydrogen-bond acceptors (Lipinski definition) is 3. The lowest BCUT2D eigenvalue weighted by molar-refractivity contribution is 0.200. The van der Waals surface area contributed by atoms with Crippen LogP contribution in [0, 0.1) is 17.9 Å². The van der Waals surface area contributed by atoms with Crippen LogP contribution in [0.4, 0.5) is 0 Å². The first-order valence-corrected chi connectivity index (χ1v) is 4.55. The molecule has 67 valence electrons. The number of nitrogens with one attached hydrogen (secondary N) is 1. The zero-order valence-electron chi connectivity index (χ0n) is 7.58. The number of rotatable bonds is 3. The van der Waals surface area contributed by atoms with Crippen LogP contribution in [-0.2, 0) is 0 Å². The molecule has 1 aliphatic rings. The lowest BCUT2D eigenvalue weighted by Crippen LogP contribution is -2.49. The molecule has 1 unspecified atom stereocenters. The van der Waals surface area contributed by atoms with Crippen molar-refractivity contribution in [2.75, 3.05) is 19.6 Å². The van der Waals surface area contributed by atoms with E-state index in [1.54, 1.807) is 0 Å². The molecule has 3 nitrogen and oxygen atoms in total. The second-order valence-electron chi connectivity index (χ2n) is 3.05. The Labute approximate surface area is 74.4 Å². The first-order chi connectivity index (χ1) is 5.88. The molecule has 0 bridgehead atoms. The van der Waals surface area contributed by atoms with Crippen molar-refractivity contribution in [3.05, 3.63) is 6.54 Å². The minimum atomic E-state index is 0.392. The molecule has 0 aromatic heterocycles. The summed E-state index contributed by atoms with van der Waals surface area (Å²) in [5, 5.41) is 11.9. The molecule has 1 heterocycles. The van der Waals surface area contributed by atoms with Gasteiger partial charge in [-0.1, -0.05) is 6.92 Å². The van der Waals surface area contributed by atoms with Crippen molar-refractivity contribution in [1.29, 1.82) is 5.26 Å². The summed E-state index contributed by atoms with van der Waals surface area (Å²) in [7, 11) is 0. The molecule has 1 N–H and O–H groups in total. The van der Waals surface area contributed by atoms with Gasteiger partial charge in [-0.05, 0) is 6.42 Å². The molecule has 1 aliphatic heterocycles. The fourth-order valence-corrected chi connectivity index (χ4v) is 1.55. The molecule has 12 heavy (non-hydrogen) atoms. The molecule has 0 aromatic carbocycles. The fourth-order valence-electron chi connectivity index (χ4n) is 1.55. The number of piperazine rings is 1. The summed E-state index contributed by atoms with van der Waals surface area (Å²) in [4.78, 5) is 2.29. The minimum absolute atomic E-state index is 0.392. The van der Waals surface area contributed by atoms with Crippen molar-refractivity contribution in [3.8, 4) is 6.07 Å². The van der Waals surface area contributed by atoms with Gasteiger partial charge in [0.1, 0.15) is 0 Å². The predicted molar refractivity (Wildman–Crippen MR) is 48.2 cm³/mol. The number of hydrogen-bond donors (Lipinski definition) is 1. The Kier molecular flexibility index (Phi) is 4.06. The van der Waals surface area contributed by atoms with Crippen molar-refractivity contribution >= 4 is 0 Å². The molecule has 0 aliphatic carbocycles. The first kappa shape index (κ1) is 9.50. The third-order valence-electron chi connectivity index (χ3n) is 2.14. The largest absolute Gasteiger partial charge is 0.314 e. The lowest BCUT2D eigenvalue weighted by atomic mass is 10.1. The molecule has 0 aromatic rings. The Morgan fingerprint density at radius 3 is 3.25 bits per heavy atom. The highest BCUT2D eigenvalue weighted by molar-refractivity contribution is 4.89. The standard InChI is InChI=1S/C9H16N3/c1-2-6-12-7-5-11-8-9(12)3-4-10/h6,9,11H,2-3,5,7-8H2,1H3. The van der Waals surface area contributed by atoms with Crippen molar-refractivity contribution < 1.29 is 0 Å². The van der Waals surface area contributed by atoms with Gasteiger partial charge in [-0.25, -0.2) is 0 Å². The van der Waals surface area contributed by atoms with Crippen LogP contribution < -0.4 is 5.32 Å². The van der Waals surface area contributed by atoms with Gasteiger partial charge in [0.15, 0.2) is 0 Å². The quantitative estimate of drug-likeness (QED) is 0.672. The second kappa shape index (κ2) is 5.13. The Bertz CT molecular complexity index is 160. The molecule has 1 saturated heterocycles. The summed E-state index contributed by atoms with van der Waals surface area (Å²) in [5.74, 6) is 0. The predicted octanol–water partition coefficient (Wildman–Crippen LogP) is 0.746. The van der Waals surface area contributed by atoms with Crippen LogP contribution in [0.3, 0.4) is 0 Å². The molecule has 1 rings (SSSR count). The molecular weight excluding hydrogens is 150 g/mol. The molecule has 0 amide bonds. The van der Waals surface area contributed by atoms with E-state index in [4.69, 9.17) is 5.26 Å². The first-order valence-electron chi connectivity index (χ1n) is 4.55. The highest BCUT2D eigenvalue weighted by atomic mass is 15.2. The van der Waals surface area contributed by atoms with Gasteiger partial charge in [0.05, 0.1) is 12.5 Å². The summed E-state index contributed by atoms with van der Waals surface area (Å²) in [6.45, 7) is 7.36. The maximum atomic E-state index is 8.59. The number of nitrogens with zero attached hydrogens (tertiary/aromatic N) is 2. The molecule has 1 fully saturated rings. The Morgan fingerprint density at radius 1 is 1.75 bits per heavy atom. The highest BCUT2D eigenvalue weighted by Gasteiger charge is 2.20. The van der Waals surface area contributed by atoms with E-state index in [-0.39, 0.29) is 0 Å². The van der Waals surface area contributed by atoms with Gasteiger partial charge in [0, 0.05) is 32.2 Å². The maximum Gasteiger partial charge on any atom is 0.0638 e. The average Bonchev–Trinajstić information content (AvgIpc) is 2.09. The summed E-state index contributed by atoms with van der Waals surface area (Å²) >= 11 is 0. The SMILES string of the molecule is CC[CH]N1CCNCC1CC#N. The zero-order chi connectivity index (χ0) is 8.81. The van der Waals surface area contributed by atoms with Gasteiger partial charge >= 0.3 is 0 Å². The van der Waals surface area contributed by atoms with E-state index in [1.165, 1.54) is 0 Å². The third kappa shape index (κ3) is 2.47. The molecular formula is C9H16N3. The normalized spacial score (nSPS) is 25.2. The van der Waals surface area contributed by atoms with Gasteiger partial charge in [-0.2, -0.15) is 5.26 Å². The smallest absolute Gasteiger partial charge is 0.0638 e. The molecule has 3 heteroatoms. The van der Waals surface area contributed by atoms with Crippen molar-refractivity contribution in [1.82, 2.24) is 10.2 Å². The van der Waals surface area contributed by atoms with Crippen LogP contribution in [0.1, 0.15) is 19.8 Å². The van der Waals surface area contributed by atoms with E-state index in [0.29, 0.717) is 12.5 Å². The van der Waals surface area contributed by atoms with Crippen LogP contribution in [0.15, 0.2) is 0 Å². The second-order valence-corrected chi connectivity index (χ2v) is 3.05. The number of nitriles is 1. The van der Waals surface area contributed by atoms with Gasteiger partial charge in [0.2, 0.25) is 0 Å². The summed E-state index contributed by atoms with van der Waals surface area (Å²) in [6, 6.07) is 2.62. The highest BCUT2D eigenvalue weighted by Crippen LogP contribution is 2.09. The van der Waals surface area contributed by atoms with E-state index in [1.807, 2.05) is 0 Å². The van der Waals surface area contributed by atoms with Gasteiger partial charge in [0.25, 0.3) is 0 Å². The van der Waals surface area contributed by atoms with Gasteiger partial charge in [-0.15, -0.1) is 0 Å². The van der Waals surface area contributed by atoms with Crippen LogP contribution in [0.5, 0.6) is 0 Å². The monoisotopic (exact) mass is 166 g/mol. The Morgan fingerprint density at radius 2 is 2.58 bits per heavy atom. The van der Waals surface area contributed by atoms with Crippen LogP contribution in [0.2, 0.25) is 0 Å². The van der Waals surface area contributed by atoms with E-state index in [9.17, 15) is 0 Å². The summed E-state index contributed by atoms with van der Waals surface area (Å²) in [6.07, 6.45) is 1.69. The Balaban J connectivity index is 2.38. The zero-order valence-corrected chi connectivity index (χ0v) is 7.58. The maximum absolute atomic E-state index is 8.59. The lowest BCUT2D eigenvalue weighted by Gasteiger charge is -2.34. The summed E-state index contributed by atoms with van der Waals surface area (Å²) in [5.41, 5.74) is 0. The van der Waals surface area contributed by atoms with E-state index in [0.717, 1.165) is 26.1 Å². The van der Waals surface area contributed by atoms with Crippen LogP contribution in [-0.4, -0.2) is 30.6 Å². The Hall–Kier alpha value is -0.590. The van der Waals surface area contributed by atoms with E-state index in [2.05, 4.69) is 29.8 Å². The van der Waals surface area contributed by atoms with E-state index < -0.39 is 0 Å². The van der Waals surface area contributed by atoms with Gasteiger partial charge < -0.3 is 5.32 Å². The molecule has 0 saturated carbocycles. The topological polar surface area (TPSA) is 39.1 Å². The van der Waals surface area contributed by atoms with Crippen LogP contribution in [0.25, 0.3) is 0 Å². The summed E-state index contributed by atoms with van der Waals surface area (Å²) < 4.78 is 0. The van der Waals surface area contributed by atoms with E-state index >= 15 is 0 Å². The molecule has 1 radical (unpaired) electrons. The average molecular weight is 166 g/mol. The van der Waals surface area contributed by atoms with Gasteiger partial charge in [-0.3, -0.25) is 4.90 Å². The van der Waals surface area contributed by atoms with Crippen LogP contribution >= 0.6 is 0 Å². The van der Waals surface area contributed by atoms with Crippen molar-refractivity contribution in [2.45, 2.75) is 25.8 Å². The molecule has 1 atom stereocenters. The molecule has 0 spiro atoms. The fraction of sp³-hybridized carbons (Fsp3) is 0.778.